The first-order valence-electron chi connectivity index (χ1n) is 8.90. The van der Waals surface area contributed by atoms with Gasteiger partial charge in [-0.25, -0.2) is 9.48 Å². The number of nitrogens with one attached hydrogen (secondary N) is 1. The molecule has 8 nitrogen and oxygen atoms in total. The molecule has 2 amide bonds. The molecule has 1 aliphatic heterocycles. The molecule has 1 fully saturated rings. The van der Waals surface area contributed by atoms with E-state index in [-0.39, 0.29) is 18.0 Å². The number of likely N-dealkylation sites (tertiary alicyclic amines) is 1. The van der Waals surface area contributed by atoms with Crippen LogP contribution < -0.4 is 5.32 Å². The van der Waals surface area contributed by atoms with Crippen molar-refractivity contribution in [3.63, 3.8) is 0 Å². The van der Waals surface area contributed by atoms with Gasteiger partial charge in [-0.05, 0) is 51.0 Å². The summed E-state index contributed by atoms with van der Waals surface area (Å²) in [6.07, 6.45) is 1.07. The molecule has 0 atom stereocenters. The molecular weight excluding hydrogens is 414 g/mol. The van der Waals surface area contributed by atoms with Gasteiger partial charge in [0.1, 0.15) is 0 Å². The molecule has 0 bridgehead atoms. The number of carbonyl (C=O) groups is 2. The van der Waals surface area contributed by atoms with E-state index in [1.165, 1.54) is 0 Å². The molecule has 1 aromatic heterocycles. The largest absolute Gasteiger partial charge is 0.450 e. The van der Waals surface area contributed by atoms with Crippen molar-refractivity contribution in [3.05, 3.63) is 40.1 Å². The zero-order chi connectivity index (χ0) is 19.4. The Morgan fingerprint density at radius 2 is 1.93 bits per heavy atom. The Kier molecular flexibility index (Phi) is 6.10. The summed E-state index contributed by atoms with van der Waals surface area (Å²) in [6, 6.07) is 7.62. The van der Waals surface area contributed by atoms with Gasteiger partial charge in [-0.1, -0.05) is 21.1 Å². The average molecular weight is 436 g/mol. The van der Waals surface area contributed by atoms with E-state index in [2.05, 4.69) is 31.6 Å². The highest BCUT2D eigenvalue weighted by Gasteiger charge is 2.26. The molecule has 3 rings (SSSR count). The molecule has 9 heteroatoms. The zero-order valence-corrected chi connectivity index (χ0v) is 16.9. The quantitative estimate of drug-likeness (QED) is 0.796. The number of benzene rings is 1. The maximum absolute atomic E-state index is 12.6. The van der Waals surface area contributed by atoms with Crippen molar-refractivity contribution in [2.75, 3.05) is 19.7 Å². The van der Waals surface area contributed by atoms with Crippen LogP contribution in [0.25, 0.3) is 5.69 Å². The topological polar surface area (TPSA) is 89.3 Å². The molecule has 0 unspecified atom stereocenters. The van der Waals surface area contributed by atoms with Crippen LogP contribution >= 0.6 is 15.9 Å². The molecule has 27 heavy (non-hydrogen) atoms. The van der Waals surface area contributed by atoms with E-state index in [4.69, 9.17) is 4.74 Å². The van der Waals surface area contributed by atoms with E-state index in [0.717, 1.165) is 10.2 Å². The third kappa shape index (κ3) is 4.47. The highest BCUT2D eigenvalue weighted by molar-refractivity contribution is 9.10. The lowest BCUT2D eigenvalue weighted by Crippen LogP contribution is -2.46. The minimum absolute atomic E-state index is 0.000377. The smallest absolute Gasteiger partial charge is 0.409 e. The molecule has 0 radical (unpaired) electrons. The number of amides is 2. The summed E-state index contributed by atoms with van der Waals surface area (Å²) in [5.41, 5.74) is 1.83. The molecule has 0 spiro atoms. The van der Waals surface area contributed by atoms with Crippen molar-refractivity contribution in [1.82, 2.24) is 25.2 Å². The van der Waals surface area contributed by atoms with Crippen LogP contribution in [0.1, 0.15) is 35.9 Å². The lowest BCUT2D eigenvalue weighted by Gasteiger charge is -2.31. The Labute approximate surface area is 166 Å². The monoisotopic (exact) mass is 435 g/mol. The van der Waals surface area contributed by atoms with Crippen molar-refractivity contribution >= 4 is 27.9 Å². The van der Waals surface area contributed by atoms with Crippen molar-refractivity contribution in [2.45, 2.75) is 32.7 Å². The van der Waals surface area contributed by atoms with Gasteiger partial charge in [0.15, 0.2) is 5.69 Å². The number of rotatable bonds is 4. The normalized spacial score (nSPS) is 14.9. The number of hydrogen-bond acceptors (Lipinski definition) is 5. The third-order valence-corrected chi connectivity index (χ3v) is 5.07. The number of nitrogens with zero attached hydrogens (tertiary/aromatic N) is 4. The summed E-state index contributed by atoms with van der Waals surface area (Å²) < 4.78 is 7.62. The zero-order valence-electron chi connectivity index (χ0n) is 15.3. The summed E-state index contributed by atoms with van der Waals surface area (Å²) >= 11 is 3.40. The van der Waals surface area contributed by atoms with Crippen molar-refractivity contribution in [3.8, 4) is 5.69 Å². The molecule has 144 valence electrons. The summed E-state index contributed by atoms with van der Waals surface area (Å²) in [6.45, 7) is 5.10. The fraction of sp³-hybridized carbons (Fsp3) is 0.444. The van der Waals surface area contributed by atoms with Crippen LogP contribution in [0.15, 0.2) is 28.7 Å². The lowest BCUT2D eigenvalue weighted by molar-refractivity contribution is 0.0856. The molecule has 2 aromatic rings. The van der Waals surface area contributed by atoms with E-state index in [9.17, 15) is 9.59 Å². The third-order valence-electron chi connectivity index (χ3n) is 4.54. The molecule has 2 heterocycles. The van der Waals surface area contributed by atoms with E-state index in [0.29, 0.717) is 43.9 Å². The molecular formula is C18H22BrN5O3. The lowest BCUT2D eigenvalue weighted by atomic mass is 10.1. The Hall–Kier alpha value is -2.42. The molecule has 1 N–H and O–H groups in total. The average Bonchev–Trinajstić information content (AvgIpc) is 3.05. The van der Waals surface area contributed by atoms with Gasteiger partial charge in [-0.3, -0.25) is 4.79 Å². The minimum atomic E-state index is -0.296. The summed E-state index contributed by atoms with van der Waals surface area (Å²) in [7, 11) is 0. The Morgan fingerprint density at radius 1 is 1.26 bits per heavy atom. The van der Waals surface area contributed by atoms with Gasteiger partial charge < -0.3 is 15.0 Å². The van der Waals surface area contributed by atoms with E-state index < -0.39 is 0 Å². The van der Waals surface area contributed by atoms with Crippen LogP contribution in [-0.4, -0.2) is 57.6 Å². The summed E-state index contributed by atoms with van der Waals surface area (Å²) in [5, 5.41) is 11.2. The maximum Gasteiger partial charge on any atom is 0.409 e. The van der Waals surface area contributed by atoms with Gasteiger partial charge in [0.05, 0.1) is 18.0 Å². The summed E-state index contributed by atoms with van der Waals surface area (Å²) in [5.74, 6) is -0.245. The Morgan fingerprint density at radius 3 is 2.56 bits per heavy atom. The van der Waals surface area contributed by atoms with Gasteiger partial charge in [-0.2, -0.15) is 0 Å². The van der Waals surface area contributed by atoms with Crippen LogP contribution in [0, 0.1) is 6.92 Å². The molecule has 0 aliphatic carbocycles. The number of halogens is 1. The minimum Gasteiger partial charge on any atom is -0.450 e. The Balaban J connectivity index is 1.61. The first-order valence-corrected chi connectivity index (χ1v) is 9.69. The van der Waals surface area contributed by atoms with Gasteiger partial charge in [0, 0.05) is 23.6 Å². The predicted molar refractivity (Wildman–Crippen MR) is 103 cm³/mol. The van der Waals surface area contributed by atoms with Crippen molar-refractivity contribution < 1.29 is 14.3 Å². The van der Waals surface area contributed by atoms with Crippen molar-refractivity contribution in [2.24, 2.45) is 0 Å². The van der Waals surface area contributed by atoms with Crippen LogP contribution in [0.3, 0.4) is 0 Å². The predicted octanol–water partition coefficient (Wildman–Crippen LogP) is 2.69. The highest BCUT2D eigenvalue weighted by atomic mass is 79.9. The van der Waals surface area contributed by atoms with Gasteiger partial charge in [0.2, 0.25) is 0 Å². The van der Waals surface area contributed by atoms with Crippen LogP contribution in [-0.2, 0) is 4.74 Å². The number of piperidine rings is 1. The fourth-order valence-corrected chi connectivity index (χ4v) is 3.31. The maximum atomic E-state index is 12.6. The molecule has 1 aromatic carbocycles. The molecule has 1 aliphatic rings. The highest BCUT2D eigenvalue weighted by Crippen LogP contribution is 2.17. The van der Waals surface area contributed by atoms with E-state index in [1.54, 1.807) is 16.5 Å². The Bertz CT molecular complexity index is 813. The molecule has 1 saturated heterocycles. The van der Waals surface area contributed by atoms with E-state index >= 15 is 0 Å². The van der Waals surface area contributed by atoms with Crippen LogP contribution in [0.5, 0.6) is 0 Å². The van der Waals surface area contributed by atoms with Gasteiger partial charge in [-0.15, -0.1) is 5.10 Å². The SMILES string of the molecule is CCOC(=O)N1CCC(NC(=O)c2nnn(-c3ccc(Br)cc3)c2C)CC1. The van der Waals surface area contributed by atoms with Crippen LogP contribution in [0.2, 0.25) is 0 Å². The summed E-state index contributed by atoms with van der Waals surface area (Å²) in [4.78, 5) is 26.0. The standard InChI is InChI=1S/C18H22BrN5O3/c1-3-27-18(26)23-10-8-14(9-11-23)20-17(25)16-12(2)24(22-21-16)15-6-4-13(19)5-7-15/h4-7,14H,3,8-11H2,1-2H3,(H,20,25). The second-order valence-corrected chi connectivity index (χ2v) is 7.26. The van der Waals surface area contributed by atoms with Crippen molar-refractivity contribution in [1.29, 1.82) is 0 Å². The van der Waals surface area contributed by atoms with Crippen LogP contribution in [0.4, 0.5) is 4.79 Å². The fourth-order valence-electron chi connectivity index (χ4n) is 3.04. The first kappa shape index (κ1) is 19.3. The number of carbonyl (C=O) groups excluding carboxylic acids is 2. The molecule has 0 saturated carbocycles. The number of aromatic nitrogens is 3. The van der Waals surface area contributed by atoms with Gasteiger partial charge in [0.25, 0.3) is 5.91 Å². The number of hydrogen-bond donors (Lipinski definition) is 1. The second-order valence-electron chi connectivity index (χ2n) is 6.35. The van der Waals surface area contributed by atoms with Gasteiger partial charge >= 0.3 is 6.09 Å². The number of ether oxygens (including phenoxy) is 1. The first-order chi connectivity index (χ1) is 13.0. The second kappa shape index (κ2) is 8.51. The van der Waals surface area contributed by atoms with E-state index in [1.807, 2.05) is 31.2 Å².